The number of carbonyl (C=O) groups is 3. The SMILES string of the molecule is CC(=O)CC(CC(C)=NOC(C)=O)=NOC(C)=O. The standard InChI is InChI=1S/C11H16N2O5/c1-7(12-17-9(3)15)5-11(6-8(2)14)13-18-10(4)16/h5-6H2,1-4H3. The summed E-state index contributed by atoms with van der Waals surface area (Å²) in [5.41, 5.74) is 0.781. The molecule has 0 rings (SSSR count). The fourth-order valence-electron chi connectivity index (χ4n) is 1.01. The Balaban J connectivity index is 4.62. The van der Waals surface area contributed by atoms with E-state index in [4.69, 9.17) is 0 Å². The summed E-state index contributed by atoms with van der Waals surface area (Å²) in [6, 6.07) is 0. The molecule has 0 atom stereocenters. The van der Waals surface area contributed by atoms with Crippen LogP contribution < -0.4 is 0 Å². The van der Waals surface area contributed by atoms with Crippen LogP contribution >= 0.6 is 0 Å². The number of Topliss-reactive ketones (excluding diaryl/α,β-unsaturated/α-hetero) is 1. The normalized spacial score (nSPS) is 12.0. The average molecular weight is 256 g/mol. The van der Waals surface area contributed by atoms with Crippen molar-refractivity contribution in [3.8, 4) is 0 Å². The molecule has 0 fully saturated rings. The lowest BCUT2D eigenvalue weighted by atomic mass is 10.1. The van der Waals surface area contributed by atoms with Gasteiger partial charge in [-0.15, -0.1) is 0 Å². The van der Waals surface area contributed by atoms with E-state index in [2.05, 4.69) is 20.0 Å². The summed E-state index contributed by atoms with van der Waals surface area (Å²) in [5.74, 6) is -1.24. The van der Waals surface area contributed by atoms with Crippen molar-refractivity contribution in [2.24, 2.45) is 10.3 Å². The Hall–Kier alpha value is -2.05. The van der Waals surface area contributed by atoms with E-state index >= 15 is 0 Å². The maximum Gasteiger partial charge on any atom is 0.331 e. The first-order chi connectivity index (χ1) is 8.31. The molecule has 0 radical (unpaired) electrons. The molecule has 0 aromatic rings. The minimum atomic E-state index is -0.578. The molecule has 0 aromatic heterocycles. The van der Waals surface area contributed by atoms with E-state index in [-0.39, 0.29) is 18.6 Å². The van der Waals surface area contributed by atoms with Crippen molar-refractivity contribution >= 4 is 29.1 Å². The lowest BCUT2D eigenvalue weighted by molar-refractivity contribution is -0.141. The number of nitrogens with zero attached hydrogens (tertiary/aromatic N) is 2. The quantitative estimate of drug-likeness (QED) is 0.404. The molecule has 0 aliphatic rings. The average Bonchev–Trinajstić information content (AvgIpc) is 2.22. The molecular weight excluding hydrogens is 240 g/mol. The highest BCUT2D eigenvalue weighted by molar-refractivity contribution is 6.10. The first-order valence-electron chi connectivity index (χ1n) is 5.25. The third kappa shape index (κ3) is 9.20. The molecule has 0 aromatic carbocycles. The zero-order chi connectivity index (χ0) is 14.1. The third-order valence-electron chi connectivity index (χ3n) is 1.55. The van der Waals surface area contributed by atoms with Crippen LogP contribution in [-0.4, -0.2) is 29.1 Å². The molecule has 0 unspecified atom stereocenters. The zero-order valence-electron chi connectivity index (χ0n) is 10.8. The van der Waals surface area contributed by atoms with Crippen LogP contribution in [0.5, 0.6) is 0 Å². The first kappa shape index (κ1) is 16.0. The van der Waals surface area contributed by atoms with Crippen molar-refractivity contribution in [2.75, 3.05) is 0 Å². The first-order valence-corrected chi connectivity index (χ1v) is 5.25. The highest BCUT2D eigenvalue weighted by Crippen LogP contribution is 2.00. The molecule has 0 bridgehead atoms. The predicted molar refractivity (Wildman–Crippen MR) is 64.0 cm³/mol. The molecule has 7 nitrogen and oxygen atoms in total. The van der Waals surface area contributed by atoms with Gasteiger partial charge in [-0.1, -0.05) is 10.3 Å². The minimum Gasteiger partial charge on any atom is -0.319 e. The van der Waals surface area contributed by atoms with Gasteiger partial charge in [0, 0.05) is 26.7 Å². The van der Waals surface area contributed by atoms with Gasteiger partial charge in [-0.25, -0.2) is 9.59 Å². The number of oxime groups is 2. The summed E-state index contributed by atoms with van der Waals surface area (Å²) in [6.07, 6.45) is 0.223. The summed E-state index contributed by atoms with van der Waals surface area (Å²) >= 11 is 0. The van der Waals surface area contributed by atoms with Crippen molar-refractivity contribution in [3.63, 3.8) is 0 Å². The molecule has 0 heterocycles. The smallest absolute Gasteiger partial charge is 0.319 e. The summed E-state index contributed by atoms with van der Waals surface area (Å²) in [4.78, 5) is 41.1. The van der Waals surface area contributed by atoms with Gasteiger partial charge in [-0.3, -0.25) is 4.79 Å². The van der Waals surface area contributed by atoms with Gasteiger partial charge in [0.15, 0.2) is 0 Å². The summed E-state index contributed by atoms with van der Waals surface area (Å²) < 4.78 is 0. The second-order valence-corrected chi connectivity index (χ2v) is 3.71. The van der Waals surface area contributed by atoms with Gasteiger partial charge in [-0.2, -0.15) is 0 Å². The van der Waals surface area contributed by atoms with Crippen molar-refractivity contribution < 1.29 is 24.1 Å². The molecule has 0 spiro atoms. The number of hydrogen-bond donors (Lipinski definition) is 0. The predicted octanol–water partition coefficient (Wildman–Crippen LogP) is 1.21. The van der Waals surface area contributed by atoms with E-state index in [1.54, 1.807) is 6.92 Å². The Morgan fingerprint density at radius 1 is 0.833 bits per heavy atom. The van der Waals surface area contributed by atoms with E-state index in [0.29, 0.717) is 11.4 Å². The Morgan fingerprint density at radius 2 is 1.33 bits per heavy atom. The van der Waals surface area contributed by atoms with Crippen molar-refractivity contribution in [2.45, 2.75) is 40.5 Å². The Morgan fingerprint density at radius 3 is 1.78 bits per heavy atom. The number of hydrogen-bond acceptors (Lipinski definition) is 7. The van der Waals surface area contributed by atoms with Crippen molar-refractivity contribution in [1.82, 2.24) is 0 Å². The second-order valence-electron chi connectivity index (χ2n) is 3.71. The largest absolute Gasteiger partial charge is 0.331 e. The number of ketones is 1. The maximum absolute atomic E-state index is 11.0. The fourth-order valence-corrected chi connectivity index (χ4v) is 1.01. The molecule has 0 N–H and O–H groups in total. The molecule has 0 aliphatic heterocycles. The minimum absolute atomic E-state index is 0.0419. The Labute approximate surface area is 105 Å². The van der Waals surface area contributed by atoms with Gasteiger partial charge >= 0.3 is 11.9 Å². The lowest BCUT2D eigenvalue weighted by Gasteiger charge is -2.03. The monoisotopic (exact) mass is 256 g/mol. The maximum atomic E-state index is 11.0. The van der Waals surface area contributed by atoms with Gasteiger partial charge in [0.05, 0.1) is 11.4 Å². The molecule has 100 valence electrons. The topological polar surface area (TPSA) is 94.4 Å². The van der Waals surface area contributed by atoms with Gasteiger partial charge in [0.25, 0.3) is 0 Å². The van der Waals surface area contributed by atoms with Crippen LogP contribution in [0.1, 0.15) is 40.5 Å². The van der Waals surface area contributed by atoms with Gasteiger partial charge in [0.1, 0.15) is 5.78 Å². The van der Waals surface area contributed by atoms with E-state index < -0.39 is 11.9 Å². The van der Waals surface area contributed by atoms with Gasteiger partial charge in [0.2, 0.25) is 0 Å². The molecule has 18 heavy (non-hydrogen) atoms. The molecule has 0 amide bonds. The van der Waals surface area contributed by atoms with Crippen molar-refractivity contribution in [3.05, 3.63) is 0 Å². The zero-order valence-corrected chi connectivity index (χ0v) is 10.8. The number of rotatable bonds is 6. The van der Waals surface area contributed by atoms with Crippen LogP contribution in [-0.2, 0) is 24.1 Å². The molecule has 7 heteroatoms. The van der Waals surface area contributed by atoms with E-state index in [1.165, 1.54) is 20.8 Å². The van der Waals surface area contributed by atoms with Crippen LogP contribution in [0.25, 0.3) is 0 Å². The molecule has 0 saturated carbocycles. The van der Waals surface area contributed by atoms with Crippen LogP contribution in [0, 0.1) is 0 Å². The van der Waals surface area contributed by atoms with Crippen LogP contribution in [0.15, 0.2) is 10.3 Å². The van der Waals surface area contributed by atoms with Crippen LogP contribution in [0.2, 0.25) is 0 Å². The Bertz CT molecular complexity index is 398. The highest BCUT2D eigenvalue weighted by atomic mass is 16.7. The second kappa shape index (κ2) is 8.10. The molecular formula is C11H16N2O5. The fraction of sp³-hybridized carbons (Fsp3) is 0.545. The lowest BCUT2D eigenvalue weighted by Crippen LogP contribution is -2.11. The van der Waals surface area contributed by atoms with Crippen LogP contribution in [0.4, 0.5) is 0 Å². The summed E-state index contributed by atoms with van der Waals surface area (Å²) in [7, 11) is 0. The molecule has 0 aliphatic carbocycles. The van der Waals surface area contributed by atoms with Crippen molar-refractivity contribution in [1.29, 1.82) is 0 Å². The highest BCUT2D eigenvalue weighted by Gasteiger charge is 2.08. The van der Waals surface area contributed by atoms with E-state index in [1.807, 2.05) is 0 Å². The number of carbonyl (C=O) groups excluding carboxylic acids is 3. The summed E-state index contributed by atoms with van der Waals surface area (Å²) in [5, 5.41) is 7.09. The summed E-state index contributed by atoms with van der Waals surface area (Å²) in [6.45, 7) is 5.42. The van der Waals surface area contributed by atoms with Gasteiger partial charge < -0.3 is 9.68 Å². The third-order valence-corrected chi connectivity index (χ3v) is 1.55. The van der Waals surface area contributed by atoms with Gasteiger partial charge in [-0.05, 0) is 13.8 Å². The van der Waals surface area contributed by atoms with E-state index in [9.17, 15) is 14.4 Å². The van der Waals surface area contributed by atoms with Crippen LogP contribution in [0.3, 0.4) is 0 Å². The molecule has 0 saturated heterocycles. The van der Waals surface area contributed by atoms with E-state index in [0.717, 1.165) is 0 Å². The Kier molecular flexibility index (Phi) is 7.18.